The number of ether oxygens (including phenoxy) is 4. The summed E-state index contributed by atoms with van der Waals surface area (Å²) in [6.45, 7) is 2.37. The van der Waals surface area contributed by atoms with E-state index in [0.29, 0.717) is 26.1 Å². The molecule has 0 aromatic heterocycles. The lowest BCUT2D eigenvalue weighted by atomic mass is 10.1. The number of carbonyl (C=O) groups excluding carboxylic acids is 2. The van der Waals surface area contributed by atoms with E-state index in [1.807, 2.05) is 0 Å². The molecule has 0 radical (unpaired) electrons. The molecule has 1 atom stereocenters. The molecule has 0 spiro atoms. The number of carbonyl (C=O) groups is 2. The Hall–Kier alpha value is -1.14. The SMILES string of the molecule is COCCCCCCCCCC(=O)OC(CCCCCCCCCOC=O)COC. The summed E-state index contributed by atoms with van der Waals surface area (Å²) in [5, 5.41) is 0. The molecule has 6 nitrogen and oxygen atoms in total. The summed E-state index contributed by atoms with van der Waals surface area (Å²) in [5.74, 6) is -0.0883. The average Bonchev–Trinajstić information content (AvgIpc) is 2.74. The molecule has 0 rings (SSSR count). The van der Waals surface area contributed by atoms with Crippen LogP contribution in [-0.4, -0.2) is 52.6 Å². The van der Waals surface area contributed by atoms with Crippen LogP contribution in [0.2, 0.25) is 0 Å². The van der Waals surface area contributed by atoms with E-state index in [9.17, 15) is 9.59 Å². The smallest absolute Gasteiger partial charge is 0.306 e. The van der Waals surface area contributed by atoms with E-state index in [4.69, 9.17) is 14.2 Å². The molecule has 0 fully saturated rings. The van der Waals surface area contributed by atoms with Crippen molar-refractivity contribution in [1.29, 1.82) is 0 Å². The Morgan fingerprint density at radius 2 is 1.23 bits per heavy atom. The van der Waals surface area contributed by atoms with Crippen molar-refractivity contribution in [2.24, 2.45) is 0 Å². The van der Waals surface area contributed by atoms with Gasteiger partial charge in [-0.05, 0) is 32.1 Å². The molecule has 0 saturated carbocycles. The van der Waals surface area contributed by atoms with E-state index >= 15 is 0 Å². The van der Waals surface area contributed by atoms with E-state index in [-0.39, 0.29) is 12.1 Å². The molecule has 0 aliphatic rings. The third-order valence-corrected chi connectivity index (χ3v) is 5.24. The molecule has 0 aliphatic carbocycles. The lowest BCUT2D eigenvalue weighted by Gasteiger charge is -2.17. The molecule has 0 N–H and O–H groups in total. The maximum Gasteiger partial charge on any atom is 0.306 e. The first-order valence-corrected chi connectivity index (χ1v) is 12.0. The number of unbranched alkanes of at least 4 members (excludes halogenated alkanes) is 12. The Morgan fingerprint density at radius 1 is 0.700 bits per heavy atom. The predicted molar refractivity (Wildman–Crippen MR) is 120 cm³/mol. The number of rotatable bonds is 24. The van der Waals surface area contributed by atoms with Gasteiger partial charge in [-0.2, -0.15) is 0 Å². The minimum atomic E-state index is -0.122. The molecule has 1 unspecified atom stereocenters. The van der Waals surface area contributed by atoms with Crippen LogP contribution >= 0.6 is 0 Å². The van der Waals surface area contributed by atoms with Crippen LogP contribution in [0, 0.1) is 0 Å². The Bertz CT molecular complexity index is 375. The zero-order chi connectivity index (χ0) is 22.1. The standard InChI is InChI=1S/C24H46O6/c1-27-19-15-11-7-4-6-10-14-18-24(26)30-23(21-28-2)17-13-9-5-3-8-12-16-20-29-22-25/h22-23H,3-21H2,1-2H3. The summed E-state index contributed by atoms with van der Waals surface area (Å²) in [5.41, 5.74) is 0. The fourth-order valence-corrected chi connectivity index (χ4v) is 3.50. The van der Waals surface area contributed by atoms with E-state index in [1.54, 1.807) is 14.2 Å². The van der Waals surface area contributed by atoms with Crippen LogP contribution in [0.15, 0.2) is 0 Å². The number of esters is 1. The minimum Gasteiger partial charge on any atom is -0.468 e. The molecule has 178 valence electrons. The highest BCUT2D eigenvalue weighted by molar-refractivity contribution is 5.69. The predicted octanol–water partition coefficient (Wildman–Crippen LogP) is 5.61. The summed E-state index contributed by atoms with van der Waals surface area (Å²) in [4.78, 5) is 22.1. The molecule has 0 bridgehead atoms. The fraction of sp³-hybridized carbons (Fsp3) is 0.917. The summed E-state index contributed by atoms with van der Waals surface area (Å²) in [7, 11) is 3.40. The highest BCUT2D eigenvalue weighted by Crippen LogP contribution is 2.14. The van der Waals surface area contributed by atoms with Gasteiger partial charge < -0.3 is 18.9 Å². The van der Waals surface area contributed by atoms with Gasteiger partial charge >= 0.3 is 5.97 Å². The third-order valence-electron chi connectivity index (χ3n) is 5.24. The average molecular weight is 431 g/mol. The van der Waals surface area contributed by atoms with Crippen molar-refractivity contribution in [2.45, 2.75) is 109 Å². The van der Waals surface area contributed by atoms with Gasteiger partial charge in [0.1, 0.15) is 6.10 Å². The van der Waals surface area contributed by atoms with Crippen molar-refractivity contribution >= 4 is 12.4 Å². The molecule has 0 amide bonds. The Balaban J connectivity index is 3.60. The van der Waals surface area contributed by atoms with E-state index < -0.39 is 0 Å². The summed E-state index contributed by atoms with van der Waals surface area (Å²) in [6.07, 6.45) is 17.1. The van der Waals surface area contributed by atoms with Crippen LogP contribution in [0.5, 0.6) is 0 Å². The number of hydrogen-bond acceptors (Lipinski definition) is 6. The van der Waals surface area contributed by atoms with Crippen LogP contribution < -0.4 is 0 Å². The van der Waals surface area contributed by atoms with Gasteiger partial charge in [0.25, 0.3) is 6.47 Å². The lowest BCUT2D eigenvalue weighted by molar-refractivity contribution is -0.152. The first-order chi connectivity index (χ1) is 14.7. The van der Waals surface area contributed by atoms with Crippen molar-refractivity contribution in [1.82, 2.24) is 0 Å². The van der Waals surface area contributed by atoms with Gasteiger partial charge in [0.05, 0.1) is 13.2 Å². The van der Waals surface area contributed by atoms with Gasteiger partial charge in [-0.15, -0.1) is 0 Å². The summed E-state index contributed by atoms with van der Waals surface area (Å²) < 4.78 is 20.6. The van der Waals surface area contributed by atoms with Gasteiger partial charge in [-0.1, -0.05) is 64.2 Å². The second-order valence-electron chi connectivity index (χ2n) is 8.02. The maximum atomic E-state index is 12.1. The number of methoxy groups -OCH3 is 2. The van der Waals surface area contributed by atoms with Crippen LogP contribution in [-0.2, 0) is 28.5 Å². The van der Waals surface area contributed by atoms with Gasteiger partial charge in [-0.25, -0.2) is 0 Å². The highest BCUT2D eigenvalue weighted by Gasteiger charge is 2.14. The topological polar surface area (TPSA) is 71.1 Å². The van der Waals surface area contributed by atoms with Crippen molar-refractivity contribution in [3.8, 4) is 0 Å². The largest absolute Gasteiger partial charge is 0.468 e. The van der Waals surface area contributed by atoms with Crippen LogP contribution in [0.1, 0.15) is 103 Å². The normalized spacial score (nSPS) is 11.9. The molecular weight excluding hydrogens is 384 g/mol. The molecule has 30 heavy (non-hydrogen) atoms. The van der Waals surface area contributed by atoms with Crippen molar-refractivity contribution in [3.63, 3.8) is 0 Å². The Kier molecular flexibility index (Phi) is 23.2. The van der Waals surface area contributed by atoms with Gasteiger partial charge in [-0.3, -0.25) is 9.59 Å². The van der Waals surface area contributed by atoms with Crippen molar-refractivity contribution in [2.75, 3.05) is 34.0 Å². The van der Waals surface area contributed by atoms with Crippen LogP contribution in [0.25, 0.3) is 0 Å². The van der Waals surface area contributed by atoms with Crippen molar-refractivity contribution < 1.29 is 28.5 Å². The second kappa shape index (κ2) is 24.1. The fourth-order valence-electron chi connectivity index (χ4n) is 3.50. The zero-order valence-corrected chi connectivity index (χ0v) is 19.5. The first-order valence-electron chi connectivity index (χ1n) is 12.0. The Morgan fingerprint density at radius 3 is 1.80 bits per heavy atom. The quantitative estimate of drug-likeness (QED) is 0.113. The zero-order valence-electron chi connectivity index (χ0n) is 19.5. The van der Waals surface area contributed by atoms with Crippen molar-refractivity contribution in [3.05, 3.63) is 0 Å². The number of hydrogen-bond donors (Lipinski definition) is 0. The lowest BCUT2D eigenvalue weighted by Crippen LogP contribution is -2.23. The molecular formula is C24H46O6. The molecule has 0 heterocycles. The highest BCUT2D eigenvalue weighted by atomic mass is 16.6. The van der Waals surface area contributed by atoms with E-state index in [2.05, 4.69) is 4.74 Å². The molecule has 0 saturated heterocycles. The Labute approximate surface area is 184 Å². The summed E-state index contributed by atoms with van der Waals surface area (Å²) in [6, 6.07) is 0. The van der Waals surface area contributed by atoms with E-state index in [1.165, 1.54) is 44.9 Å². The van der Waals surface area contributed by atoms with E-state index in [0.717, 1.165) is 58.0 Å². The van der Waals surface area contributed by atoms with Gasteiger partial charge in [0, 0.05) is 27.2 Å². The van der Waals surface area contributed by atoms with Crippen LogP contribution in [0.4, 0.5) is 0 Å². The second-order valence-corrected chi connectivity index (χ2v) is 8.02. The molecule has 6 heteroatoms. The van der Waals surface area contributed by atoms with Gasteiger partial charge in [0.15, 0.2) is 0 Å². The minimum absolute atomic E-state index is 0.0883. The van der Waals surface area contributed by atoms with Gasteiger partial charge in [0.2, 0.25) is 0 Å². The van der Waals surface area contributed by atoms with Crippen LogP contribution in [0.3, 0.4) is 0 Å². The maximum absolute atomic E-state index is 12.1. The summed E-state index contributed by atoms with van der Waals surface area (Å²) >= 11 is 0. The first kappa shape index (κ1) is 28.9. The molecule has 0 aromatic carbocycles. The molecule has 0 aromatic rings. The third kappa shape index (κ3) is 21.6. The molecule has 0 aliphatic heterocycles. The monoisotopic (exact) mass is 430 g/mol.